The third-order valence-electron chi connectivity index (χ3n) is 4.47. The lowest BCUT2D eigenvalue weighted by Gasteiger charge is -2.33. The first-order valence-electron chi connectivity index (χ1n) is 7.84. The molecule has 0 bridgehead atoms. The largest absolute Gasteiger partial charge is 0.383 e. The summed E-state index contributed by atoms with van der Waals surface area (Å²) in [5, 5.41) is 2.88. The minimum atomic E-state index is -0.349. The molecular weight excluding hydrogens is 282 g/mol. The highest BCUT2D eigenvalue weighted by Crippen LogP contribution is 2.33. The number of fused-ring (bicyclic) bond motifs is 1. The fraction of sp³-hybridized carbons (Fsp3) is 0.625. The van der Waals surface area contributed by atoms with E-state index in [0.29, 0.717) is 11.6 Å². The number of nitrogens with one attached hydrogen (secondary N) is 1. The summed E-state index contributed by atoms with van der Waals surface area (Å²) in [4.78, 5) is 18.7. The van der Waals surface area contributed by atoms with Crippen molar-refractivity contribution in [3.05, 3.63) is 24.5 Å². The van der Waals surface area contributed by atoms with E-state index in [9.17, 15) is 4.79 Å². The second kappa shape index (κ2) is 7.17. The zero-order valence-corrected chi connectivity index (χ0v) is 12.9. The van der Waals surface area contributed by atoms with Gasteiger partial charge in [0, 0.05) is 26.4 Å². The van der Waals surface area contributed by atoms with Crippen LogP contribution in [0.25, 0.3) is 0 Å². The summed E-state index contributed by atoms with van der Waals surface area (Å²) >= 11 is 0. The third-order valence-corrected chi connectivity index (χ3v) is 4.47. The minimum absolute atomic E-state index is 0.0640. The zero-order chi connectivity index (χ0) is 15.4. The molecule has 0 aromatic carbocycles. The van der Waals surface area contributed by atoms with Crippen LogP contribution in [0.4, 0.5) is 5.69 Å². The maximum Gasteiger partial charge on any atom is 0.253 e. The van der Waals surface area contributed by atoms with E-state index in [1.165, 1.54) is 0 Å². The molecule has 6 heteroatoms. The number of carbonyl (C=O) groups excluding carboxylic acids is 1. The summed E-state index contributed by atoms with van der Waals surface area (Å²) in [5.74, 6) is 0.425. The van der Waals surface area contributed by atoms with Crippen molar-refractivity contribution in [1.29, 1.82) is 0 Å². The molecule has 1 aromatic rings. The van der Waals surface area contributed by atoms with Gasteiger partial charge in [0.1, 0.15) is 6.10 Å². The van der Waals surface area contributed by atoms with Crippen LogP contribution in [0.2, 0.25) is 0 Å². The van der Waals surface area contributed by atoms with Crippen LogP contribution in [0.5, 0.6) is 0 Å². The number of aromatic nitrogens is 1. The van der Waals surface area contributed by atoms with Gasteiger partial charge in [0.25, 0.3) is 5.91 Å². The highest BCUT2D eigenvalue weighted by Gasteiger charge is 2.41. The Labute approximate surface area is 130 Å². The van der Waals surface area contributed by atoms with Gasteiger partial charge in [-0.15, -0.1) is 0 Å². The van der Waals surface area contributed by atoms with Crippen LogP contribution in [0.3, 0.4) is 0 Å². The predicted octanol–water partition coefficient (Wildman–Crippen LogP) is 1.15. The Morgan fingerprint density at radius 1 is 1.59 bits per heavy atom. The van der Waals surface area contributed by atoms with E-state index in [2.05, 4.69) is 15.2 Å². The molecule has 120 valence electrons. The van der Waals surface area contributed by atoms with Crippen molar-refractivity contribution >= 4 is 11.6 Å². The summed E-state index contributed by atoms with van der Waals surface area (Å²) in [6.45, 7) is 3.62. The highest BCUT2D eigenvalue weighted by molar-refractivity contribution is 5.94. The van der Waals surface area contributed by atoms with Crippen LogP contribution in [0, 0.1) is 5.92 Å². The molecule has 2 fully saturated rings. The van der Waals surface area contributed by atoms with Gasteiger partial charge in [-0.1, -0.05) is 0 Å². The molecule has 1 N–H and O–H groups in total. The van der Waals surface area contributed by atoms with Crippen LogP contribution in [0.1, 0.15) is 12.8 Å². The molecule has 2 aliphatic heterocycles. The number of carbonyl (C=O) groups is 1. The van der Waals surface area contributed by atoms with Gasteiger partial charge in [-0.2, -0.15) is 0 Å². The smallest absolute Gasteiger partial charge is 0.253 e. The number of nitrogens with zero attached hydrogens (tertiary/aromatic N) is 2. The Morgan fingerprint density at radius 3 is 3.27 bits per heavy atom. The monoisotopic (exact) mass is 305 g/mol. The Morgan fingerprint density at radius 2 is 2.50 bits per heavy atom. The maximum atomic E-state index is 12.3. The molecule has 3 atom stereocenters. The molecule has 1 aromatic heterocycles. The lowest BCUT2D eigenvalue weighted by molar-refractivity contribution is -0.127. The van der Waals surface area contributed by atoms with E-state index in [1.807, 2.05) is 6.07 Å². The number of pyridine rings is 1. The van der Waals surface area contributed by atoms with Crippen LogP contribution >= 0.6 is 0 Å². The average Bonchev–Trinajstić information content (AvgIpc) is 2.97. The van der Waals surface area contributed by atoms with E-state index in [4.69, 9.17) is 9.47 Å². The third kappa shape index (κ3) is 3.63. The molecule has 0 saturated carbocycles. The van der Waals surface area contributed by atoms with Crippen molar-refractivity contribution in [2.45, 2.75) is 25.0 Å². The number of hydrogen-bond acceptors (Lipinski definition) is 5. The molecule has 0 aliphatic carbocycles. The topological polar surface area (TPSA) is 63.7 Å². The van der Waals surface area contributed by atoms with Crippen molar-refractivity contribution in [2.75, 3.05) is 38.7 Å². The molecule has 2 aliphatic rings. The molecule has 2 saturated heterocycles. The van der Waals surface area contributed by atoms with Crippen LogP contribution in [0.15, 0.2) is 24.5 Å². The Hall–Kier alpha value is -1.50. The van der Waals surface area contributed by atoms with E-state index in [1.54, 1.807) is 25.6 Å². The summed E-state index contributed by atoms with van der Waals surface area (Å²) in [7, 11) is 1.72. The second-order valence-electron chi connectivity index (χ2n) is 5.97. The van der Waals surface area contributed by atoms with Crippen LogP contribution < -0.4 is 5.32 Å². The second-order valence-corrected chi connectivity index (χ2v) is 5.97. The molecule has 6 nitrogen and oxygen atoms in total. The summed E-state index contributed by atoms with van der Waals surface area (Å²) in [6.07, 6.45) is 5.05. The number of likely N-dealkylation sites (tertiary alicyclic amines) is 1. The minimum Gasteiger partial charge on any atom is -0.383 e. The number of rotatable bonds is 5. The first-order chi connectivity index (χ1) is 10.8. The van der Waals surface area contributed by atoms with Gasteiger partial charge in [0.15, 0.2) is 0 Å². The van der Waals surface area contributed by atoms with Crippen LogP contribution in [-0.4, -0.2) is 61.3 Å². The summed E-state index contributed by atoms with van der Waals surface area (Å²) in [5.41, 5.74) is 0.715. The maximum absolute atomic E-state index is 12.3. The fourth-order valence-corrected chi connectivity index (χ4v) is 3.25. The highest BCUT2D eigenvalue weighted by atomic mass is 16.5. The molecule has 3 heterocycles. The average molecular weight is 305 g/mol. The normalized spacial score (nSPS) is 28.3. The number of anilines is 1. The van der Waals surface area contributed by atoms with Crippen molar-refractivity contribution in [3.63, 3.8) is 0 Å². The molecule has 0 spiro atoms. The Kier molecular flexibility index (Phi) is 5.02. The standard InChI is InChI=1S/C16H23N3O3/c1-21-8-7-19-6-4-12-9-14(22-15(12)11-19)16(20)18-13-3-2-5-17-10-13/h2-3,5,10,12,14-15H,4,6-9,11H2,1H3,(H,18,20)/t12-,14-,15-/m0/s1. The van der Waals surface area contributed by atoms with Gasteiger partial charge >= 0.3 is 0 Å². The van der Waals surface area contributed by atoms with Crippen LogP contribution in [-0.2, 0) is 14.3 Å². The van der Waals surface area contributed by atoms with Gasteiger partial charge in [0.05, 0.1) is 24.6 Å². The quantitative estimate of drug-likeness (QED) is 0.884. The first-order valence-corrected chi connectivity index (χ1v) is 7.84. The first kappa shape index (κ1) is 15.4. The number of amides is 1. The number of ether oxygens (including phenoxy) is 2. The number of methoxy groups -OCH3 is 1. The zero-order valence-electron chi connectivity index (χ0n) is 12.9. The molecule has 1 amide bonds. The van der Waals surface area contributed by atoms with Gasteiger partial charge < -0.3 is 14.8 Å². The van der Waals surface area contributed by atoms with Gasteiger partial charge in [0.2, 0.25) is 0 Å². The molecule has 0 radical (unpaired) electrons. The summed E-state index contributed by atoms with van der Waals surface area (Å²) in [6, 6.07) is 3.64. The van der Waals surface area contributed by atoms with E-state index < -0.39 is 0 Å². The molecule has 3 rings (SSSR count). The van der Waals surface area contributed by atoms with Crippen molar-refractivity contribution in [3.8, 4) is 0 Å². The molecule has 0 unspecified atom stereocenters. The fourth-order valence-electron chi connectivity index (χ4n) is 3.25. The Balaban J connectivity index is 1.52. The lowest BCUT2D eigenvalue weighted by atomic mass is 9.91. The van der Waals surface area contributed by atoms with E-state index in [0.717, 1.165) is 39.1 Å². The Bertz CT molecular complexity index is 497. The number of piperidine rings is 1. The predicted molar refractivity (Wildman–Crippen MR) is 82.6 cm³/mol. The SMILES string of the molecule is COCCN1CC[C@H]2C[C@@H](C(=O)Nc3cccnc3)O[C@H]2C1. The summed E-state index contributed by atoms with van der Waals surface area (Å²) < 4.78 is 11.1. The van der Waals surface area contributed by atoms with Crippen molar-refractivity contribution < 1.29 is 14.3 Å². The number of hydrogen-bond donors (Lipinski definition) is 1. The van der Waals surface area contributed by atoms with Gasteiger partial charge in [-0.3, -0.25) is 14.7 Å². The van der Waals surface area contributed by atoms with Crippen molar-refractivity contribution in [1.82, 2.24) is 9.88 Å². The molecule has 22 heavy (non-hydrogen) atoms. The van der Waals surface area contributed by atoms with E-state index in [-0.39, 0.29) is 18.1 Å². The lowest BCUT2D eigenvalue weighted by Crippen LogP contribution is -2.43. The van der Waals surface area contributed by atoms with Gasteiger partial charge in [-0.05, 0) is 37.4 Å². The van der Waals surface area contributed by atoms with Gasteiger partial charge in [-0.25, -0.2) is 0 Å². The molecular formula is C16H23N3O3. The van der Waals surface area contributed by atoms with Crippen molar-refractivity contribution in [2.24, 2.45) is 5.92 Å². The van der Waals surface area contributed by atoms with E-state index >= 15 is 0 Å².